The zero-order valence-corrected chi connectivity index (χ0v) is 13.6. The minimum Gasteiger partial charge on any atom is -0.284 e. The molecule has 0 aliphatic heterocycles. The lowest BCUT2D eigenvalue weighted by Crippen LogP contribution is -2.53. The van der Waals surface area contributed by atoms with E-state index in [1.54, 1.807) is 24.3 Å². The molecule has 3 nitrogen and oxygen atoms in total. The number of amides is 1. The molecule has 0 saturated carbocycles. The predicted octanol–water partition coefficient (Wildman–Crippen LogP) is 4.28. The maximum Gasteiger partial charge on any atom is 0.265 e. The van der Waals surface area contributed by atoms with Crippen molar-refractivity contribution in [3.8, 4) is 0 Å². The van der Waals surface area contributed by atoms with Crippen LogP contribution in [0.1, 0.15) is 57.3 Å². The van der Waals surface area contributed by atoms with Crippen LogP contribution in [-0.2, 0) is 0 Å². The van der Waals surface area contributed by atoms with Crippen molar-refractivity contribution in [2.24, 2.45) is 0 Å². The average Bonchev–Trinajstić information content (AvgIpc) is 2.37. The van der Waals surface area contributed by atoms with E-state index in [9.17, 15) is 4.79 Å². The van der Waals surface area contributed by atoms with Gasteiger partial charge >= 0.3 is 0 Å². The van der Waals surface area contributed by atoms with Crippen molar-refractivity contribution in [2.45, 2.75) is 52.5 Å². The number of hydrazine groups is 1. The molecule has 112 valence electrons. The van der Waals surface area contributed by atoms with Gasteiger partial charge in [0, 0.05) is 22.7 Å². The number of carbonyl (C=O) groups excluding carboxylic acids is 1. The molecule has 4 heteroatoms. The Morgan fingerprint density at radius 1 is 1.20 bits per heavy atom. The van der Waals surface area contributed by atoms with Gasteiger partial charge in [-0.3, -0.25) is 10.2 Å². The van der Waals surface area contributed by atoms with Crippen molar-refractivity contribution in [1.82, 2.24) is 10.4 Å². The second-order valence-electron chi connectivity index (χ2n) is 5.98. The van der Waals surface area contributed by atoms with Crippen molar-refractivity contribution in [2.75, 3.05) is 6.54 Å². The Bertz CT molecular complexity index is 423. The molecule has 20 heavy (non-hydrogen) atoms. The summed E-state index contributed by atoms with van der Waals surface area (Å²) >= 11 is 5.84. The maximum atomic E-state index is 12.2. The van der Waals surface area contributed by atoms with Gasteiger partial charge in [0.05, 0.1) is 0 Å². The van der Waals surface area contributed by atoms with Crippen molar-refractivity contribution in [3.63, 3.8) is 0 Å². The van der Waals surface area contributed by atoms with E-state index in [1.165, 1.54) is 12.8 Å². The summed E-state index contributed by atoms with van der Waals surface area (Å²) in [7, 11) is 0. The van der Waals surface area contributed by atoms with Gasteiger partial charge in [-0.15, -0.1) is 0 Å². The SMILES string of the molecule is CCCCCN(NC(=O)c1ccc(Cl)cc1)C(C)(C)C. The van der Waals surface area contributed by atoms with Gasteiger partial charge in [-0.2, -0.15) is 0 Å². The Kier molecular flexibility index (Phi) is 6.50. The van der Waals surface area contributed by atoms with Crippen LogP contribution in [-0.4, -0.2) is 23.0 Å². The molecular formula is C16H25ClN2O. The molecule has 0 aliphatic rings. The van der Waals surface area contributed by atoms with Crippen molar-refractivity contribution in [3.05, 3.63) is 34.9 Å². The van der Waals surface area contributed by atoms with Crippen molar-refractivity contribution >= 4 is 17.5 Å². The van der Waals surface area contributed by atoms with Crippen LogP contribution in [0.4, 0.5) is 0 Å². The molecule has 1 N–H and O–H groups in total. The third-order valence-electron chi connectivity index (χ3n) is 3.14. The number of nitrogens with zero attached hydrogens (tertiary/aromatic N) is 1. The number of halogens is 1. The van der Waals surface area contributed by atoms with E-state index < -0.39 is 0 Å². The molecule has 0 aliphatic carbocycles. The minimum absolute atomic E-state index is 0.0897. The largest absolute Gasteiger partial charge is 0.284 e. The van der Waals surface area contributed by atoms with Gasteiger partial charge in [0.25, 0.3) is 5.91 Å². The first-order valence-electron chi connectivity index (χ1n) is 7.19. The van der Waals surface area contributed by atoms with Gasteiger partial charge in [-0.1, -0.05) is 31.4 Å². The number of nitrogens with one attached hydrogen (secondary N) is 1. The maximum absolute atomic E-state index is 12.2. The molecule has 0 aromatic heterocycles. The monoisotopic (exact) mass is 296 g/mol. The number of hydrogen-bond acceptors (Lipinski definition) is 2. The fourth-order valence-corrected chi connectivity index (χ4v) is 1.99. The van der Waals surface area contributed by atoms with E-state index in [4.69, 9.17) is 11.6 Å². The summed E-state index contributed by atoms with van der Waals surface area (Å²) in [5.74, 6) is -0.0897. The Balaban J connectivity index is 2.68. The first-order valence-corrected chi connectivity index (χ1v) is 7.56. The highest BCUT2D eigenvalue weighted by Crippen LogP contribution is 2.14. The van der Waals surface area contributed by atoms with Gasteiger partial charge in [0.15, 0.2) is 0 Å². The third kappa shape index (κ3) is 5.51. The number of carbonyl (C=O) groups is 1. The Labute approximate surface area is 127 Å². The fraction of sp³-hybridized carbons (Fsp3) is 0.562. The Hall–Kier alpha value is -1.06. The van der Waals surface area contributed by atoms with Crippen LogP contribution in [0.5, 0.6) is 0 Å². The summed E-state index contributed by atoms with van der Waals surface area (Å²) in [5, 5.41) is 2.65. The molecule has 0 spiro atoms. The highest BCUT2D eigenvalue weighted by Gasteiger charge is 2.23. The fourth-order valence-electron chi connectivity index (χ4n) is 1.87. The molecule has 0 fully saturated rings. The lowest BCUT2D eigenvalue weighted by atomic mass is 10.1. The number of unbranched alkanes of at least 4 members (excludes halogenated alkanes) is 2. The van der Waals surface area contributed by atoms with Crippen LogP contribution in [0.2, 0.25) is 5.02 Å². The first kappa shape index (κ1) is 17.0. The zero-order chi connectivity index (χ0) is 15.2. The average molecular weight is 297 g/mol. The zero-order valence-electron chi connectivity index (χ0n) is 12.9. The van der Waals surface area contributed by atoms with E-state index in [2.05, 4.69) is 33.1 Å². The third-order valence-corrected chi connectivity index (χ3v) is 3.39. The minimum atomic E-state index is -0.101. The van der Waals surface area contributed by atoms with Gasteiger partial charge in [0.2, 0.25) is 0 Å². The molecule has 1 amide bonds. The number of rotatable bonds is 6. The van der Waals surface area contributed by atoms with E-state index in [1.807, 2.05) is 5.01 Å². The summed E-state index contributed by atoms with van der Waals surface area (Å²) in [5.41, 5.74) is 3.53. The van der Waals surface area contributed by atoms with E-state index >= 15 is 0 Å². The van der Waals surface area contributed by atoms with Crippen LogP contribution >= 0.6 is 11.6 Å². The molecule has 1 aromatic carbocycles. The molecule has 1 rings (SSSR count). The van der Waals surface area contributed by atoms with Gasteiger partial charge in [-0.05, 0) is 51.5 Å². The second kappa shape index (κ2) is 7.65. The molecule has 0 atom stereocenters. The van der Waals surface area contributed by atoms with Gasteiger partial charge in [0.1, 0.15) is 0 Å². The highest BCUT2D eigenvalue weighted by molar-refractivity contribution is 6.30. The summed E-state index contributed by atoms with van der Waals surface area (Å²) in [6.07, 6.45) is 3.42. The van der Waals surface area contributed by atoms with Crippen LogP contribution in [0.3, 0.4) is 0 Å². The van der Waals surface area contributed by atoms with Gasteiger partial charge in [-0.25, -0.2) is 5.01 Å². The first-order chi connectivity index (χ1) is 9.34. The molecule has 0 heterocycles. The summed E-state index contributed by atoms with van der Waals surface area (Å²) < 4.78 is 0. The highest BCUT2D eigenvalue weighted by atomic mass is 35.5. The lowest BCUT2D eigenvalue weighted by Gasteiger charge is -2.35. The van der Waals surface area contributed by atoms with Crippen LogP contribution in [0.25, 0.3) is 0 Å². The van der Waals surface area contributed by atoms with Crippen LogP contribution < -0.4 is 5.43 Å². The van der Waals surface area contributed by atoms with Crippen molar-refractivity contribution < 1.29 is 4.79 Å². The van der Waals surface area contributed by atoms with Crippen LogP contribution in [0.15, 0.2) is 24.3 Å². The van der Waals surface area contributed by atoms with Crippen LogP contribution in [0, 0.1) is 0 Å². The van der Waals surface area contributed by atoms with E-state index in [-0.39, 0.29) is 11.4 Å². The Morgan fingerprint density at radius 2 is 1.80 bits per heavy atom. The topological polar surface area (TPSA) is 32.3 Å². The summed E-state index contributed by atoms with van der Waals surface area (Å²) in [6.45, 7) is 9.33. The van der Waals surface area contributed by atoms with E-state index in [0.29, 0.717) is 10.6 Å². The van der Waals surface area contributed by atoms with Gasteiger partial charge < -0.3 is 0 Å². The predicted molar refractivity (Wildman–Crippen MR) is 84.9 cm³/mol. The normalized spacial score (nSPS) is 11.7. The quantitative estimate of drug-likeness (QED) is 0.628. The lowest BCUT2D eigenvalue weighted by molar-refractivity contribution is 0.0498. The smallest absolute Gasteiger partial charge is 0.265 e. The standard InChI is InChI=1S/C16H25ClN2O/c1-5-6-7-12-19(16(2,3)4)18-15(20)13-8-10-14(17)11-9-13/h8-11H,5-7,12H2,1-4H3,(H,18,20). The number of hydrogen-bond donors (Lipinski definition) is 1. The molecule has 0 unspecified atom stereocenters. The molecule has 1 aromatic rings. The summed E-state index contributed by atoms with van der Waals surface area (Å²) in [4.78, 5) is 12.2. The molecule has 0 saturated heterocycles. The molecular weight excluding hydrogens is 272 g/mol. The Morgan fingerprint density at radius 3 is 2.30 bits per heavy atom. The molecule has 0 bridgehead atoms. The van der Waals surface area contributed by atoms with E-state index in [0.717, 1.165) is 13.0 Å². The molecule has 0 radical (unpaired) electrons. The van der Waals surface area contributed by atoms with Crippen molar-refractivity contribution in [1.29, 1.82) is 0 Å². The summed E-state index contributed by atoms with van der Waals surface area (Å²) in [6, 6.07) is 6.94. The second-order valence-corrected chi connectivity index (χ2v) is 6.41. The number of benzene rings is 1.